The van der Waals surface area contributed by atoms with Crippen LogP contribution in [0.4, 0.5) is 0 Å². The van der Waals surface area contributed by atoms with E-state index in [1.807, 2.05) is 12.1 Å². The highest BCUT2D eigenvalue weighted by Crippen LogP contribution is 2.42. The first-order valence-electron chi connectivity index (χ1n) is 7.95. The van der Waals surface area contributed by atoms with Crippen LogP contribution in [0.1, 0.15) is 57.6 Å². The second-order valence-corrected chi connectivity index (χ2v) is 6.54. The summed E-state index contributed by atoms with van der Waals surface area (Å²) in [6.07, 6.45) is 5.94. The molecule has 0 heterocycles. The number of rotatable bonds is 6. The second-order valence-electron chi connectivity index (χ2n) is 5.72. The molecule has 0 aromatic heterocycles. The van der Waals surface area contributed by atoms with Gasteiger partial charge >= 0.3 is 0 Å². The molecule has 1 aromatic carbocycles. The summed E-state index contributed by atoms with van der Waals surface area (Å²) in [5.74, 6) is 0. The molecule has 1 N–H and O–H groups in total. The van der Waals surface area contributed by atoms with E-state index in [1.54, 1.807) is 0 Å². The van der Waals surface area contributed by atoms with Gasteiger partial charge in [0.25, 0.3) is 0 Å². The molecule has 1 saturated carbocycles. The highest BCUT2D eigenvalue weighted by Gasteiger charge is 2.41. The van der Waals surface area contributed by atoms with E-state index in [-0.39, 0.29) is 11.6 Å². The number of hydrogen-bond acceptors (Lipinski definition) is 2. The highest BCUT2D eigenvalue weighted by molar-refractivity contribution is 6.42. The van der Waals surface area contributed by atoms with Crippen LogP contribution in [0.15, 0.2) is 18.2 Å². The van der Waals surface area contributed by atoms with Gasteiger partial charge in [-0.1, -0.05) is 55.5 Å². The predicted molar refractivity (Wildman–Crippen MR) is 90.3 cm³/mol. The molecular weight excluding hydrogens is 305 g/mol. The summed E-state index contributed by atoms with van der Waals surface area (Å²) in [5, 5.41) is 4.83. The molecule has 1 aliphatic carbocycles. The van der Waals surface area contributed by atoms with Gasteiger partial charge in [0.1, 0.15) is 0 Å². The van der Waals surface area contributed by atoms with Gasteiger partial charge in [0, 0.05) is 6.61 Å². The van der Waals surface area contributed by atoms with Crippen LogP contribution in [0.3, 0.4) is 0 Å². The zero-order valence-corrected chi connectivity index (χ0v) is 14.4. The monoisotopic (exact) mass is 329 g/mol. The van der Waals surface area contributed by atoms with Crippen molar-refractivity contribution in [1.29, 1.82) is 0 Å². The van der Waals surface area contributed by atoms with Gasteiger partial charge in [-0.15, -0.1) is 0 Å². The molecule has 2 rings (SSSR count). The Labute approximate surface area is 138 Å². The summed E-state index contributed by atoms with van der Waals surface area (Å²) in [6.45, 7) is 5.85. The van der Waals surface area contributed by atoms with Crippen LogP contribution in [0.2, 0.25) is 10.0 Å². The van der Waals surface area contributed by atoms with Crippen LogP contribution in [0.5, 0.6) is 0 Å². The lowest BCUT2D eigenvalue weighted by atomic mass is 9.76. The molecular formula is C17H25Cl2NO. The Morgan fingerprint density at radius 2 is 1.86 bits per heavy atom. The Morgan fingerprint density at radius 3 is 2.43 bits per heavy atom. The Morgan fingerprint density at radius 1 is 1.14 bits per heavy atom. The smallest absolute Gasteiger partial charge is 0.0876 e. The van der Waals surface area contributed by atoms with Crippen LogP contribution in [-0.4, -0.2) is 18.8 Å². The fraction of sp³-hybridized carbons (Fsp3) is 0.647. The van der Waals surface area contributed by atoms with Crippen LogP contribution >= 0.6 is 23.2 Å². The van der Waals surface area contributed by atoms with Gasteiger partial charge in [-0.25, -0.2) is 0 Å². The summed E-state index contributed by atoms with van der Waals surface area (Å²) >= 11 is 12.3. The predicted octanol–water partition coefficient (Wildman–Crippen LogP) is 5.38. The van der Waals surface area contributed by atoms with E-state index in [4.69, 9.17) is 27.9 Å². The molecule has 1 fully saturated rings. The summed E-state index contributed by atoms with van der Waals surface area (Å²) in [7, 11) is 0. The van der Waals surface area contributed by atoms with Crippen molar-refractivity contribution in [3.63, 3.8) is 0 Å². The number of nitrogens with one attached hydrogen (secondary N) is 1. The van der Waals surface area contributed by atoms with E-state index < -0.39 is 0 Å². The molecule has 0 saturated heterocycles. The van der Waals surface area contributed by atoms with Crippen LogP contribution < -0.4 is 5.32 Å². The van der Waals surface area contributed by atoms with Gasteiger partial charge in [0.2, 0.25) is 0 Å². The Balaban J connectivity index is 2.36. The van der Waals surface area contributed by atoms with E-state index in [0.29, 0.717) is 10.0 Å². The normalized spacial score (nSPS) is 19.4. The van der Waals surface area contributed by atoms with Crippen LogP contribution in [0.25, 0.3) is 0 Å². The molecule has 1 aliphatic rings. The molecule has 4 heteroatoms. The fourth-order valence-electron chi connectivity index (χ4n) is 3.46. The second kappa shape index (κ2) is 7.82. The zero-order chi connectivity index (χ0) is 15.3. The maximum atomic E-state index is 6.27. The lowest BCUT2D eigenvalue weighted by Crippen LogP contribution is -2.47. The van der Waals surface area contributed by atoms with E-state index >= 15 is 0 Å². The number of ether oxygens (including phenoxy) is 1. The maximum Gasteiger partial charge on any atom is 0.0876 e. The standard InChI is InChI=1S/C17H25Cl2NO/c1-3-20-16(13-8-9-14(18)15(19)12-13)17(21-4-2)10-6-5-7-11-17/h8-9,12,16,20H,3-7,10-11H2,1-2H3. The molecule has 1 atom stereocenters. The first kappa shape index (κ1) is 17.1. The van der Waals surface area contributed by atoms with Crippen molar-refractivity contribution in [3.8, 4) is 0 Å². The summed E-state index contributed by atoms with van der Waals surface area (Å²) in [6, 6.07) is 6.09. The molecule has 2 nitrogen and oxygen atoms in total. The van der Waals surface area contributed by atoms with Gasteiger partial charge in [0.05, 0.1) is 21.7 Å². The summed E-state index contributed by atoms with van der Waals surface area (Å²) in [4.78, 5) is 0. The highest BCUT2D eigenvalue weighted by atomic mass is 35.5. The topological polar surface area (TPSA) is 21.3 Å². The van der Waals surface area contributed by atoms with Crippen molar-refractivity contribution in [3.05, 3.63) is 33.8 Å². The SMILES string of the molecule is CCNC(c1ccc(Cl)c(Cl)c1)C1(OCC)CCCCC1. The largest absolute Gasteiger partial charge is 0.373 e. The van der Waals surface area contributed by atoms with Gasteiger partial charge in [-0.3, -0.25) is 0 Å². The molecule has 0 spiro atoms. The average Bonchev–Trinajstić information content (AvgIpc) is 2.49. The number of likely N-dealkylation sites (N-methyl/N-ethyl adjacent to an activating group) is 1. The van der Waals surface area contributed by atoms with E-state index in [0.717, 1.165) is 26.0 Å². The van der Waals surface area contributed by atoms with Crippen molar-refractivity contribution in [2.75, 3.05) is 13.2 Å². The number of benzene rings is 1. The summed E-state index contributed by atoms with van der Waals surface area (Å²) < 4.78 is 6.27. The Bertz CT molecular complexity index is 453. The number of hydrogen-bond donors (Lipinski definition) is 1. The van der Waals surface area contributed by atoms with Gasteiger partial charge < -0.3 is 10.1 Å². The minimum absolute atomic E-state index is 0.125. The molecule has 0 bridgehead atoms. The minimum atomic E-state index is -0.125. The fourth-order valence-corrected chi connectivity index (χ4v) is 3.76. The van der Waals surface area contributed by atoms with E-state index in [9.17, 15) is 0 Å². The zero-order valence-electron chi connectivity index (χ0n) is 12.9. The molecule has 0 amide bonds. The Hall–Kier alpha value is -0.280. The van der Waals surface area contributed by atoms with Crippen molar-refractivity contribution in [2.24, 2.45) is 0 Å². The van der Waals surface area contributed by atoms with E-state index in [2.05, 4.69) is 25.2 Å². The third-order valence-electron chi connectivity index (χ3n) is 4.34. The molecule has 1 aromatic rings. The molecule has 0 aliphatic heterocycles. The summed E-state index contributed by atoms with van der Waals surface area (Å²) in [5.41, 5.74) is 1.04. The van der Waals surface area contributed by atoms with Crippen LogP contribution in [0, 0.1) is 0 Å². The van der Waals surface area contributed by atoms with Crippen molar-refractivity contribution >= 4 is 23.2 Å². The molecule has 1 unspecified atom stereocenters. The van der Waals surface area contributed by atoms with Crippen molar-refractivity contribution in [2.45, 2.75) is 57.6 Å². The van der Waals surface area contributed by atoms with Crippen molar-refractivity contribution < 1.29 is 4.74 Å². The maximum absolute atomic E-state index is 6.27. The van der Waals surface area contributed by atoms with Gasteiger partial charge in [-0.05, 0) is 44.0 Å². The van der Waals surface area contributed by atoms with Crippen molar-refractivity contribution in [1.82, 2.24) is 5.32 Å². The quantitative estimate of drug-likeness (QED) is 0.756. The third-order valence-corrected chi connectivity index (χ3v) is 5.08. The first-order valence-corrected chi connectivity index (χ1v) is 8.71. The molecule has 0 radical (unpaired) electrons. The first-order chi connectivity index (χ1) is 10.1. The van der Waals surface area contributed by atoms with E-state index in [1.165, 1.54) is 24.8 Å². The van der Waals surface area contributed by atoms with Gasteiger partial charge in [-0.2, -0.15) is 0 Å². The number of halogens is 2. The van der Waals surface area contributed by atoms with Crippen LogP contribution in [-0.2, 0) is 4.74 Å². The lowest BCUT2D eigenvalue weighted by Gasteiger charge is -2.44. The lowest BCUT2D eigenvalue weighted by molar-refractivity contribution is -0.0909. The van der Waals surface area contributed by atoms with Gasteiger partial charge in [0.15, 0.2) is 0 Å². The molecule has 21 heavy (non-hydrogen) atoms. The minimum Gasteiger partial charge on any atom is -0.373 e. The average molecular weight is 330 g/mol. The third kappa shape index (κ3) is 3.92. The molecule has 118 valence electrons. The Kier molecular flexibility index (Phi) is 6.36.